The quantitative estimate of drug-likeness (QED) is 0.446. The number of aldehydes is 1. The van der Waals surface area contributed by atoms with Gasteiger partial charge in [-0.25, -0.2) is 13.2 Å². The average Bonchev–Trinajstić information content (AvgIpc) is 2.20. The fourth-order valence-electron chi connectivity index (χ4n) is 1.22. The third-order valence-corrected chi connectivity index (χ3v) is 2.44. The van der Waals surface area contributed by atoms with Crippen molar-refractivity contribution in [2.45, 2.75) is 19.3 Å². The summed E-state index contributed by atoms with van der Waals surface area (Å²) >= 11 is 5.25. The normalized spacial score (nSPS) is 12.6. The summed E-state index contributed by atoms with van der Waals surface area (Å²) in [5.41, 5.74) is -0.0917. The molecule has 1 atom stereocenters. The van der Waals surface area contributed by atoms with Crippen LogP contribution in [-0.4, -0.2) is 6.29 Å². The van der Waals surface area contributed by atoms with Gasteiger partial charge in [-0.1, -0.05) is 18.5 Å². The first-order chi connectivity index (χ1) is 6.99. The van der Waals surface area contributed by atoms with Gasteiger partial charge in [-0.2, -0.15) is 0 Å². The highest BCUT2D eigenvalue weighted by atomic mass is 35.5. The molecular weight excluding hydrogens is 229 g/mol. The fraction of sp³-hybridized carbons (Fsp3) is 0.300. The number of halogens is 4. The van der Waals surface area contributed by atoms with Gasteiger partial charge >= 0.3 is 0 Å². The van der Waals surface area contributed by atoms with Crippen LogP contribution in [0, 0.1) is 17.5 Å². The molecule has 1 aromatic carbocycles. The minimum atomic E-state index is -1.41. The van der Waals surface area contributed by atoms with Gasteiger partial charge in [0.1, 0.15) is 17.1 Å². The Morgan fingerprint density at radius 1 is 1.40 bits per heavy atom. The van der Waals surface area contributed by atoms with Crippen molar-refractivity contribution in [3.05, 3.63) is 34.1 Å². The van der Waals surface area contributed by atoms with Gasteiger partial charge in [0, 0.05) is 6.42 Å². The SMILES string of the molecule is CC(CC=O)c1cc(F)c(F)c(Cl)c1F. The molecule has 0 radical (unpaired) electrons. The lowest BCUT2D eigenvalue weighted by atomic mass is 9.97. The summed E-state index contributed by atoms with van der Waals surface area (Å²) in [5, 5.41) is -0.872. The zero-order valence-corrected chi connectivity index (χ0v) is 8.62. The van der Waals surface area contributed by atoms with E-state index in [-0.39, 0.29) is 12.0 Å². The molecule has 0 saturated carbocycles. The Morgan fingerprint density at radius 3 is 2.53 bits per heavy atom. The largest absolute Gasteiger partial charge is 0.303 e. The second-order valence-corrected chi connectivity index (χ2v) is 3.57. The van der Waals surface area contributed by atoms with E-state index in [0.717, 1.165) is 6.07 Å². The van der Waals surface area contributed by atoms with Crippen LogP contribution in [0.1, 0.15) is 24.8 Å². The summed E-state index contributed by atoms with van der Waals surface area (Å²) in [6, 6.07) is 0.727. The van der Waals surface area contributed by atoms with Crippen LogP contribution < -0.4 is 0 Å². The molecule has 1 unspecified atom stereocenters. The van der Waals surface area contributed by atoms with Crippen LogP contribution in [0.5, 0.6) is 0 Å². The number of hydrogen-bond donors (Lipinski definition) is 0. The lowest BCUT2D eigenvalue weighted by molar-refractivity contribution is -0.108. The number of hydrogen-bond acceptors (Lipinski definition) is 1. The maximum Gasteiger partial charge on any atom is 0.180 e. The number of benzene rings is 1. The molecule has 0 amide bonds. The van der Waals surface area contributed by atoms with E-state index in [4.69, 9.17) is 11.6 Å². The molecule has 0 aliphatic rings. The standard InChI is InChI=1S/C10H8ClF3O/c1-5(2-3-15)6-4-7(12)10(14)8(11)9(6)13/h3-5H,2H2,1H3. The van der Waals surface area contributed by atoms with Crippen molar-refractivity contribution in [2.75, 3.05) is 0 Å². The first-order valence-electron chi connectivity index (χ1n) is 4.25. The van der Waals surface area contributed by atoms with E-state index in [1.165, 1.54) is 6.92 Å². The zero-order chi connectivity index (χ0) is 11.6. The zero-order valence-electron chi connectivity index (χ0n) is 7.86. The molecule has 0 aliphatic heterocycles. The van der Waals surface area contributed by atoms with Gasteiger partial charge in [-0.15, -0.1) is 0 Å². The van der Waals surface area contributed by atoms with E-state index in [0.29, 0.717) is 6.29 Å². The first-order valence-corrected chi connectivity index (χ1v) is 4.63. The first kappa shape index (κ1) is 12.0. The van der Waals surface area contributed by atoms with Crippen molar-refractivity contribution in [3.63, 3.8) is 0 Å². The molecule has 15 heavy (non-hydrogen) atoms. The molecule has 0 aliphatic carbocycles. The molecule has 0 heterocycles. The third-order valence-electron chi connectivity index (χ3n) is 2.11. The molecule has 0 saturated heterocycles. The fourth-order valence-corrected chi connectivity index (χ4v) is 1.42. The molecule has 1 rings (SSSR count). The summed E-state index contributed by atoms with van der Waals surface area (Å²) in [5.74, 6) is -4.16. The highest BCUT2D eigenvalue weighted by Gasteiger charge is 2.20. The molecule has 0 fully saturated rings. The number of carbonyl (C=O) groups excluding carboxylic acids is 1. The summed E-state index contributed by atoms with van der Waals surface area (Å²) in [4.78, 5) is 10.2. The lowest BCUT2D eigenvalue weighted by Crippen LogP contribution is -2.02. The van der Waals surface area contributed by atoms with Gasteiger partial charge in [0.05, 0.1) is 0 Å². The summed E-state index contributed by atoms with van der Waals surface area (Å²) < 4.78 is 39.1. The van der Waals surface area contributed by atoms with Crippen LogP contribution in [0.2, 0.25) is 5.02 Å². The minimum absolute atomic E-state index is 0.0261. The van der Waals surface area contributed by atoms with Crippen molar-refractivity contribution in [1.82, 2.24) is 0 Å². The van der Waals surface area contributed by atoms with Gasteiger partial charge in [-0.3, -0.25) is 0 Å². The van der Waals surface area contributed by atoms with Gasteiger partial charge in [-0.05, 0) is 17.5 Å². The molecule has 82 valence electrons. The Kier molecular flexibility index (Phi) is 3.74. The van der Waals surface area contributed by atoms with Gasteiger partial charge in [0.15, 0.2) is 11.6 Å². The number of carbonyl (C=O) groups is 1. The van der Waals surface area contributed by atoms with E-state index >= 15 is 0 Å². The van der Waals surface area contributed by atoms with Crippen LogP contribution in [0.4, 0.5) is 13.2 Å². The Bertz CT molecular complexity index is 393. The molecule has 0 spiro atoms. The predicted octanol–water partition coefficient (Wildman–Crippen LogP) is 3.45. The molecule has 1 nitrogen and oxygen atoms in total. The van der Waals surface area contributed by atoms with E-state index in [1.807, 2.05) is 0 Å². The smallest absolute Gasteiger partial charge is 0.180 e. The van der Waals surface area contributed by atoms with Crippen molar-refractivity contribution < 1.29 is 18.0 Å². The Balaban J connectivity index is 3.25. The van der Waals surface area contributed by atoms with Gasteiger partial charge in [0.2, 0.25) is 0 Å². The van der Waals surface area contributed by atoms with Crippen molar-refractivity contribution >= 4 is 17.9 Å². The Morgan fingerprint density at radius 2 is 2.00 bits per heavy atom. The van der Waals surface area contributed by atoms with Crippen LogP contribution in [-0.2, 0) is 4.79 Å². The van der Waals surface area contributed by atoms with E-state index in [9.17, 15) is 18.0 Å². The molecule has 0 aromatic heterocycles. The van der Waals surface area contributed by atoms with Crippen LogP contribution in [0.15, 0.2) is 6.07 Å². The molecular formula is C10H8ClF3O. The van der Waals surface area contributed by atoms with Crippen molar-refractivity contribution in [3.8, 4) is 0 Å². The summed E-state index contributed by atoms with van der Waals surface area (Å²) in [6.07, 6.45) is 0.609. The maximum atomic E-state index is 13.4. The molecule has 0 bridgehead atoms. The lowest BCUT2D eigenvalue weighted by Gasteiger charge is -2.11. The Hall–Kier alpha value is -1.03. The molecule has 5 heteroatoms. The number of rotatable bonds is 3. The second kappa shape index (κ2) is 4.66. The monoisotopic (exact) mass is 236 g/mol. The third kappa shape index (κ3) is 2.31. The maximum absolute atomic E-state index is 13.4. The topological polar surface area (TPSA) is 17.1 Å². The highest BCUT2D eigenvalue weighted by molar-refractivity contribution is 6.31. The Labute approximate surface area is 89.9 Å². The van der Waals surface area contributed by atoms with Crippen molar-refractivity contribution in [2.24, 2.45) is 0 Å². The highest BCUT2D eigenvalue weighted by Crippen LogP contribution is 2.30. The summed E-state index contributed by atoms with van der Waals surface area (Å²) in [6.45, 7) is 1.53. The minimum Gasteiger partial charge on any atom is -0.303 e. The van der Waals surface area contributed by atoms with Crippen LogP contribution >= 0.6 is 11.6 Å². The average molecular weight is 237 g/mol. The van der Waals surface area contributed by atoms with E-state index in [2.05, 4.69) is 0 Å². The van der Waals surface area contributed by atoms with Gasteiger partial charge in [0.25, 0.3) is 0 Å². The van der Waals surface area contributed by atoms with E-state index < -0.39 is 28.4 Å². The second-order valence-electron chi connectivity index (χ2n) is 3.19. The van der Waals surface area contributed by atoms with Gasteiger partial charge < -0.3 is 4.79 Å². The predicted molar refractivity (Wildman–Crippen MR) is 50.4 cm³/mol. The van der Waals surface area contributed by atoms with Crippen LogP contribution in [0.3, 0.4) is 0 Å². The summed E-state index contributed by atoms with van der Waals surface area (Å²) in [7, 11) is 0. The van der Waals surface area contributed by atoms with Crippen LogP contribution in [0.25, 0.3) is 0 Å². The van der Waals surface area contributed by atoms with E-state index in [1.54, 1.807) is 0 Å². The van der Waals surface area contributed by atoms with Crippen molar-refractivity contribution in [1.29, 1.82) is 0 Å². The molecule has 1 aromatic rings. The molecule has 0 N–H and O–H groups in total.